The van der Waals surface area contributed by atoms with Crippen molar-refractivity contribution >= 4 is 0 Å². The highest BCUT2D eigenvalue weighted by molar-refractivity contribution is 4.75. The van der Waals surface area contributed by atoms with Gasteiger partial charge in [-0.15, -0.1) is 0 Å². The Kier molecular flexibility index (Phi) is 26.2. The maximum atomic E-state index is 5.76. The molecule has 0 heterocycles. The SMILES string of the molecule is CCCCCCCCC(CC(C)CNCCCCCCCCCCCCC(OC)(OC)OC)C(OC)(OC)OC. The highest BCUT2D eigenvalue weighted by atomic mass is 16.9. The van der Waals surface area contributed by atoms with E-state index in [1.54, 1.807) is 42.7 Å². The summed E-state index contributed by atoms with van der Waals surface area (Å²) in [5.41, 5.74) is 0. The highest BCUT2D eigenvalue weighted by Crippen LogP contribution is 2.33. The number of methoxy groups -OCH3 is 6. The van der Waals surface area contributed by atoms with Gasteiger partial charge in [0.25, 0.3) is 11.9 Å². The molecule has 7 heteroatoms. The number of nitrogens with one attached hydrogen (secondary N) is 1. The first-order valence-corrected chi connectivity index (χ1v) is 16.4. The van der Waals surface area contributed by atoms with Crippen molar-refractivity contribution < 1.29 is 28.4 Å². The van der Waals surface area contributed by atoms with Crippen molar-refractivity contribution in [2.45, 2.75) is 148 Å². The van der Waals surface area contributed by atoms with Crippen molar-refractivity contribution in [3.63, 3.8) is 0 Å². The van der Waals surface area contributed by atoms with Crippen molar-refractivity contribution in [2.75, 3.05) is 55.7 Å². The summed E-state index contributed by atoms with van der Waals surface area (Å²) in [5.74, 6) is -1.04. The van der Waals surface area contributed by atoms with Crippen LogP contribution in [0.4, 0.5) is 0 Å². The lowest BCUT2D eigenvalue weighted by Crippen LogP contribution is -2.45. The third kappa shape index (κ3) is 17.6. The Morgan fingerprint density at radius 1 is 0.550 bits per heavy atom. The molecule has 0 bridgehead atoms. The summed E-state index contributed by atoms with van der Waals surface area (Å²) in [5, 5.41) is 3.69. The molecule has 0 amide bonds. The van der Waals surface area contributed by atoms with Crippen molar-refractivity contribution in [1.29, 1.82) is 0 Å². The van der Waals surface area contributed by atoms with Crippen LogP contribution in [0.3, 0.4) is 0 Å². The van der Waals surface area contributed by atoms with Crippen LogP contribution in [0.5, 0.6) is 0 Å². The summed E-state index contributed by atoms with van der Waals surface area (Å²) in [7, 11) is 9.99. The molecule has 2 atom stereocenters. The quantitative estimate of drug-likeness (QED) is 0.0657. The Balaban J connectivity index is 3.97. The van der Waals surface area contributed by atoms with Gasteiger partial charge in [0.1, 0.15) is 0 Å². The second kappa shape index (κ2) is 26.4. The van der Waals surface area contributed by atoms with Gasteiger partial charge in [-0.2, -0.15) is 0 Å². The summed E-state index contributed by atoms with van der Waals surface area (Å²) in [6, 6.07) is 0. The van der Waals surface area contributed by atoms with E-state index in [-0.39, 0.29) is 5.92 Å². The number of ether oxygens (including phenoxy) is 6. The Hall–Kier alpha value is -0.280. The van der Waals surface area contributed by atoms with E-state index in [4.69, 9.17) is 28.4 Å². The van der Waals surface area contributed by atoms with Gasteiger partial charge in [0.15, 0.2) is 0 Å². The summed E-state index contributed by atoms with van der Waals surface area (Å²) in [6.07, 6.45) is 23.4. The van der Waals surface area contributed by atoms with E-state index in [2.05, 4.69) is 19.2 Å². The number of hydrogen-bond donors (Lipinski definition) is 1. The monoisotopic (exact) mass is 576 g/mol. The third-order valence-electron chi connectivity index (χ3n) is 8.46. The fraction of sp³-hybridized carbons (Fsp3) is 1.00. The molecule has 0 rings (SSSR count). The van der Waals surface area contributed by atoms with Gasteiger partial charge in [0.2, 0.25) is 0 Å². The van der Waals surface area contributed by atoms with Crippen LogP contribution in [0.15, 0.2) is 0 Å². The van der Waals surface area contributed by atoms with Crippen molar-refractivity contribution in [2.24, 2.45) is 11.8 Å². The predicted molar refractivity (Wildman–Crippen MR) is 166 cm³/mol. The van der Waals surface area contributed by atoms with Crippen LogP contribution in [0.2, 0.25) is 0 Å². The molecule has 1 N–H and O–H groups in total. The highest BCUT2D eigenvalue weighted by Gasteiger charge is 2.40. The minimum atomic E-state index is -0.943. The fourth-order valence-electron chi connectivity index (χ4n) is 5.84. The van der Waals surface area contributed by atoms with Gasteiger partial charge in [-0.05, 0) is 44.7 Å². The van der Waals surface area contributed by atoms with E-state index >= 15 is 0 Å². The molecular weight excluding hydrogens is 506 g/mol. The molecule has 0 aromatic heterocycles. The molecule has 0 aliphatic heterocycles. The van der Waals surface area contributed by atoms with Gasteiger partial charge in [0, 0.05) is 55.0 Å². The van der Waals surface area contributed by atoms with E-state index in [9.17, 15) is 0 Å². The van der Waals surface area contributed by atoms with Crippen molar-refractivity contribution in [3.8, 4) is 0 Å². The first kappa shape index (κ1) is 39.7. The van der Waals surface area contributed by atoms with Crippen molar-refractivity contribution in [1.82, 2.24) is 5.32 Å². The van der Waals surface area contributed by atoms with Crippen LogP contribution in [-0.4, -0.2) is 67.7 Å². The van der Waals surface area contributed by atoms with Gasteiger partial charge in [-0.25, -0.2) is 0 Å². The van der Waals surface area contributed by atoms with E-state index in [1.807, 2.05) is 0 Å². The summed E-state index contributed by atoms with van der Waals surface area (Å²) in [6.45, 7) is 6.72. The molecule has 40 heavy (non-hydrogen) atoms. The lowest BCUT2D eigenvalue weighted by atomic mass is 9.88. The third-order valence-corrected chi connectivity index (χ3v) is 8.46. The Bertz CT molecular complexity index is 511. The van der Waals surface area contributed by atoms with Crippen LogP contribution in [0.1, 0.15) is 136 Å². The first-order valence-electron chi connectivity index (χ1n) is 16.4. The zero-order chi connectivity index (χ0) is 30.0. The Morgan fingerprint density at radius 2 is 1.00 bits per heavy atom. The predicted octanol–water partition coefficient (Wildman–Crippen LogP) is 8.45. The topological polar surface area (TPSA) is 67.4 Å². The van der Waals surface area contributed by atoms with Gasteiger partial charge >= 0.3 is 0 Å². The summed E-state index contributed by atoms with van der Waals surface area (Å²) < 4.78 is 33.4. The van der Waals surface area contributed by atoms with E-state index in [0.717, 1.165) is 38.8 Å². The number of rotatable bonds is 31. The van der Waals surface area contributed by atoms with Crippen LogP contribution < -0.4 is 5.32 Å². The second-order valence-corrected chi connectivity index (χ2v) is 11.6. The Labute approximate surface area is 249 Å². The van der Waals surface area contributed by atoms with Crippen LogP contribution in [0, 0.1) is 11.8 Å². The maximum Gasteiger partial charge on any atom is 0.285 e. The molecule has 0 aliphatic rings. The lowest BCUT2D eigenvalue weighted by Gasteiger charge is -2.37. The zero-order valence-corrected chi connectivity index (χ0v) is 28.0. The maximum absolute atomic E-state index is 5.76. The molecule has 242 valence electrons. The average Bonchev–Trinajstić information content (AvgIpc) is 2.98. The molecule has 7 nitrogen and oxygen atoms in total. The van der Waals surface area contributed by atoms with E-state index in [0.29, 0.717) is 5.92 Å². The minimum absolute atomic E-state index is 0.227. The van der Waals surface area contributed by atoms with E-state index < -0.39 is 11.9 Å². The van der Waals surface area contributed by atoms with Gasteiger partial charge < -0.3 is 33.7 Å². The largest absolute Gasteiger partial charge is 0.331 e. The fourth-order valence-corrected chi connectivity index (χ4v) is 5.84. The molecule has 0 saturated heterocycles. The number of unbranched alkanes of at least 4 members (excludes halogenated alkanes) is 14. The van der Waals surface area contributed by atoms with Crippen LogP contribution in [0.25, 0.3) is 0 Å². The normalized spacial score (nSPS) is 14.1. The van der Waals surface area contributed by atoms with Gasteiger partial charge in [0.05, 0.1) is 0 Å². The number of hydrogen-bond acceptors (Lipinski definition) is 7. The molecule has 0 aliphatic carbocycles. The van der Waals surface area contributed by atoms with Crippen LogP contribution in [-0.2, 0) is 28.4 Å². The van der Waals surface area contributed by atoms with Gasteiger partial charge in [-0.1, -0.05) is 104 Å². The molecule has 0 spiro atoms. The molecule has 0 aromatic carbocycles. The Morgan fingerprint density at radius 3 is 1.48 bits per heavy atom. The average molecular weight is 576 g/mol. The molecule has 2 unspecified atom stereocenters. The minimum Gasteiger partial charge on any atom is -0.331 e. The lowest BCUT2D eigenvalue weighted by molar-refractivity contribution is -0.381. The molecule has 0 aromatic rings. The second-order valence-electron chi connectivity index (χ2n) is 11.6. The van der Waals surface area contributed by atoms with Crippen LogP contribution >= 0.6 is 0 Å². The first-order chi connectivity index (χ1) is 19.4. The summed E-state index contributed by atoms with van der Waals surface area (Å²) in [4.78, 5) is 0. The standard InChI is InChI=1S/C33H69NO6/c1-9-10-11-12-19-22-25-31(33(38-6,39-7)40-8)28-30(2)29-34-27-24-21-18-16-14-13-15-17-20-23-26-32(35-3,36-4)37-5/h30-31,34H,9-29H2,1-8H3. The summed E-state index contributed by atoms with van der Waals surface area (Å²) >= 11 is 0. The molecule has 0 radical (unpaired) electrons. The molecule has 0 saturated carbocycles. The van der Waals surface area contributed by atoms with E-state index in [1.165, 1.54) is 96.3 Å². The molecule has 0 fully saturated rings. The van der Waals surface area contributed by atoms with Crippen molar-refractivity contribution in [3.05, 3.63) is 0 Å². The zero-order valence-electron chi connectivity index (χ0n) is 28.0. The van der Waals surface area contributed by atoms with Gasteiger partial charge in [-0.3, -0.25) is 0 Å². The smallest absolute Gasteiger partial charge is 0.285 e. The molecular formula is C33H69NO6.